The van der Waals surface area contributed by atoms with Gasteiger partial charge in [-0.3, -0.25) is 10.1 Å². The van der Waals surface area contributed by atoms with Crippen LogP contribution in [0.4, 0.5) is 15.8 Å². The molecule has 0 heterocycles. The topological polar surface area (TPSA) is 55.2 Å². The van der Waals surface area contributed by atoms with E-state index in [0.717, 1.165) is 24.0 Å². The van der Waals surface area contributed by atoms with Crippen LogP contribution < -0.4 is 5.32 Å². The van der Waals surface area contributed by atoms with Gasteiger partial charge in [0.2, 0.25) is 0 Å². The molecule has 5 heteroatoms. The van der Waals surface area contributed by atoms with Gasteiger partial charge in [-0.05, 0) is 42.2 Å². The lowest BCUT2D eigenvalue weighted by atomic mass is 10.1. The number of anilines is 1. The summed E-state index contributed by atoms with van der Waals surface area (Å²) in [4.78, 5) is 10.6. The molecule has 0 fully saturated rings. The van der Waals surface area contributed by atoms with E-state index in [1.165, 1.54) is 18.2 Å². The Bertz CT molecular complexity index is 673. The van der Waals surface area contributed by atoms with Gasteiger partial charge in [-0.15, -0.1) is 0 Å². The second-order valence-corrected chi connectivity index (χ2v) is 4.85. The Morgan fingerprint density at radius 1 is 1.25 bits per heavy atom. The standard InChI is InChI=1S/C15H13FN2O2/c16-11-7-5-10-6-8-13(12(10)9-11)17-14-3-1-2-4-15(14)18(19)20/h1-5,7,9,13,17H,6,8H2. The average molecular weight is 272 g/mol. The molecule has 0 spiro atoms. The van der Waals surface area contributed by atoms with Crippen LogP contribution in [0.2, 0.25) is 0 Å². The van der Waals surface area contributed by atoms with Gasteiger partial charge < -0.3 is 5.32 Å². The Balaban J connectivity index is 1.91. The first kappa shape index (κ1) is 12.6. The number of nitrogens with one attached hydrogen (secondary N) is 1. The number of halogens is 1. The molecule has 0 radical (unpaired) electrons. The predicted octanol–water partition coefficient (Wildman–Crippen LogP) is 3.83. The third-order valence-corrected chi connectivity index (χ3v) is 3.62. The van der Waals surface area contributed by atoms with Crippen molar-refractivity contribution in [1.82, 2.24) is 0 Å². The quantitative estimate of drug-likeness (QED) is 0.682. The number of fused-ring (bicyclic) bond motifs is 1. The second kappa shape index (κ2) is 4.92. The van der Waals surface area contributed by atoms with E-state index in [9.17, 15) is 14.5 Å². The van der Waals surface area contributed by atoms with Crippen molar-refractivity contribution in [3.63, 3.8) is 0 Å². The highest BCUT2D eigenvalue weighted by atomic mass is 19.1. The summed E-state index contributed by atoms with van der Waals surface area (Å²) in [5.74, 6) is -0.278. The Morgan fingerprint density at radius 3 is 2.85 bits per heavy atom. The lowest BCUT2D eigenvalue weighted by Crippen LogP contribution is -2.09. The molecule has 102 valence electrons. The predicted molar refractivity (Wildman–Crippen MR) is 74.2 cm³/mol. The molecule has 20 heavy (non-hydrogen) atoms. The van der Waals surface area contributed by atoms with Crippen molar-refractivity contribution in [2.45, 2.75) is 18.9 Å². The summed E-state index contributed by atoms with van der Waals surface area (Å²) < 4.78 is 13.3. The van der Waals surface area contributed by atoms with Gasteiger partial charge in [-0.2, -0.15) is 0 Å². The highest BCUT2D eigenvalue weighted by Crippen LogP contribution is 2.36. The van der Waals surface area contributed by atoms with Gasteiger partial charge in [0.1, 0.15) is 11.5 Å². The third kappa shape index (κ3) is 2.22. The van der Waals surface area contributed by atoms with Crippen molar-refractivity contribution in [3.05, 3.63) is 69.5 Å². The maximum atomic E-state index is 13.3. The van der Waals surface area contributed by atoms with Gasteiger partial charge in [0.15, 0.2) is 0 Å². The van der Waals surface area contributed by atoms with Crippen LogP contribution in [0.15, 0.2) is 42.5 Å². The van der Waals surface area contributed by atoms with E-state index in [0.29, 0.717) is 5.69 Å². The van der Waals surface area contributed by atoms with Crippen LogP contribution in [0.5, 0.6) is 0 Å². The molecule has 3 rings (SSSR count). The highest BCUT2D eigenvalue weighted by molar-refractivity contribution is 5.62. The zero-order valence-corrected chi connectivity index (χ0v) is 10.7. The third-order valence-electron chi connectivity index (χ3n) is 3.62. The first-order valence-corrected chi connectivity index (χ1v) is 6.43. The number of nitro groups is 1. The Morgan fingerprint density at radius 2 is 2.05 bits per heavy atom. The van der Waals surface area contributed by atoms with E-state index >= 15 is 0 Å². The Hall–Kier alpha value is -2.43. The molecule has 0 saturated heterocycles. The molecular formula is C15H13FN2O2. The fourth-order valence-corrected chi connectivity index (χ4v) is 2.67. The van der Waals surface area contributed by atoms with E-state index in [2.05, 4.69) is 5.32 Å². The Labute approximate surface area is 115 Å². The number of rotatable bonds is 3. The molecule has 0 aromatic heterocycles. The summed E-state index contributed by atoms with van der Waals surface area (Å²) >= 11 is 0. The largest absolute Gasteiger partial charge is 0.373 e. The number of para-hydroxylation sites is 2. The van der Waals surface area contributed by atoms with E-state index in [-0.39, 0.29) is 17.5 Å². The minimum absolute atomic E-state index is 0.0392. The monoisotopic (exact) mass is 272 g/mol. The van der Waals surface area contributed by atoms with Crippen molar-refractivity contribution >= 4 is 11.4 Å². The highest BCUT2D eigenvalue weighted by Gasteiger charge is 2.25. The number of benzene rings is 2. The van der Waals surface area contributed by atoms with Gasteiger partial charge in [0.05, 0.1) is 11.0 Å². The fraction of sp³-hybridized carbons (Fsp3) is 0.200. The van der Waals surface area contributed by atoms with Crippen LogP contribution in [-0.4, -0.2) is 4.92 Å². The molecule has 0 saturated carbocycles. The van der Waals surface area contributed by atoms with Gasteiger partial charge in [-0.25, -0.2) is 4.39 Å². The maximum Gasteiger partial charge on any atom is 0.292 e. The van der Waals surface area contributed by atoms with Gasteiger partial charge in [0.25, 0.3) is 5.69 Å². The fourth-order valence-electron chi connectivity index (χ4n) is 2.67. The second-order valence-electron chi connectivity index (χ2n) is 4.85. The number of hydrogen-bond acceptors (Lipinski definition) is 3. The van der Waals surface area contributed by atoms with Gasteiger partial charge in [0, 0.05) is 6.07 Å². The van der Waals surface area contributed by atoms with E-state index in [1.54, 1.807) is 24.3 Å². The summed E-state index contributed by atoms with van der Waals surface area (Å²) in [7, 11) is 0. The van der Waals surface area contributed by atoms with Crippen LogP contribution in [-0.2, 0) is 6.42 Å². The molecule has 1 aliphatic carbocycles. The van der Waals surface area contributed by atoms with Crippen molar-refractivity contribution in [1.29, 1.82) is 0 Å². The van der Waals surface area contributed by atoms with Crippen LogP contribution in [0.25, 0.3) is 0 Å². The van der Waals surface area contributed by atoms with Crippen molar-refractivity contribution in [2.75, 3.05) is 5.32 Å². The van der Waals surface area contributed by atoms with Crippen LogP contribution in [0.1, 0.15) is 23.6 Å². The Kier molecular flexibility index (Phi) is 3.10. The van der Waals surface area contributed by atoms with Crippen LogP contribution >= 0.6 is 0 Å². The number of hydrogen-bond donors (Lipinski definition) is 1. The molecule has 1 atom stereocenters. The number of nitrogens with zero attached hydrogens (tertiary/aromatic N) is 1. The van der Waals surface area contributed by atoms with Gasteiger partial charge in [-0.1, -0.05) is 18.2 Å². The SMILES string of the molecule is O=[N+]([O-])c1ccccc1NC1CCc2ccc(F)cc21. The van der Waals surface area contributed by atoms with E-state index in [4.69, 9.17) is 0 Å². The lowest BCUT2D eigenvalue weighted by Gasteiger charge is -2.15. The first-order chi connectivity index (χ1) is 9.65. The molecule has 4 nitrogen and oxygen atoms in total. The molecule has 0 bridgehead atoms. The molecule has 0 amide bonds. The maximum absolute atomic E-state index is 13.3. The summed E-state index contributed by atoms with van der Waals surface area (Å²) in [6, 6.07) is 11.2. The molecule has 1 aliphatic rings. The zero-order valence-electron chi connectivity index (χ0n) is 10.7. The molecule has 2 aromatic rings. The number of aryl methyl sites for hydroxylation is 1. The van der Waals surface area contributed by atoms with Gasteiger partial charge >= 0.3 is 0 Å². The number of nitro benzene ring substituents is 1. The van der Waals surface area contributed by atoms with Crippen molar-refractivity contribution in [3.8, 4) is 0 Å². The van der Waals surface area contributed by atoms with Crippen molar-refractivity contribution < 1.29 is 9.31 Å². The molecule has 0 aliphatic heterocycles. The zero-order chi connectivity index (χ0) is 14.1. The molecule has 1 N–H and O–H groups in total. The summed E-state index contributed by atoms with van der Waals surface area (Å²) in [5.41, 5.74) is 2.50. The normalized spacial score (nSPS) is 16.8. The van der Waals surface area contributed by atoms with Crippen LogP contribution in [0, 0.1) is 15.9 Å². The smallest absolute Gasteiger partial charge is 0.292 e. The summed E-state index contributed by atoms with van der Waals surface area (Å²) in [6.45, 7) is 0. The van der Waals surface area contributed by atoms with Crippen molar-refractivity contribution in [2.24, 2.45) is 0 Å². The molecule has 1 unspecified atom stereocenters. The minimum atomic E-state index is -0.413. The molecular weight excluding hydrogens is 259 g/mol. The summed E-state index contributed by atoms with van der Waals surface area (Å²) in [6.07, 6.45) is 1.67. The van der Waals surface area contributed by atoms with Crippen LogP contribution in [0.3, 0.4) is 0 Å². The first-order valence-electron chi connectivity index (χ1n) is 6.43. The average Bonchev–Trinajstić information content (AvgIpc) is 2.82. The minimum Gasteiger partial charge on any atom is -0.373 e. The molecule has 2 aromatic carbocycles. The van der Waals surface area contributed by atoms with E-state index in [1.807, 2.05) is 0 Å². The summed E-state index contributed by atoms with van der Waals surface area (Å²) in [5, 5.41) is 14.2. The lowest BCUT2D eigenvalue weighted by molar-refractivity contribution is -0.384. The van der Waals surface area contributed by atoms with E-state index < -0.39 is 4.92 Å².